The number of halogens is 2. The number of carbonyl (C=O) groups excluding carboxylic acids is 1. The van der Waals surface area contributed by atoms with Gasteiger partial charge in [-0.05, 0) is 40.0 Å². The zero-order valence-corrected chi connectivity index (χ0v) is 9.73. The number of rotatable bonds is 1. The van der Waals surface area contributed by atoms with Crippen LogP contribution in [0.1, 0.15) is 24.4 Å². The van der Waals surface area contributed by atoms with Crippen LogP contribution >= 0.6 is 27.5 Å². The summed E-state index contributed by atoms with van der Waals surface area (Å²) in [4.78, 5) is 11.0. The van der Waals surface area contributed by atoms with E-state index in [0.29, 0.717) is 11.4 Å². The fourth-order valence-electron chi connectivity index (χ4n) is 1.59. The highest BCUT2D eigenvalue weighted by atomic mass is 79.9. The van der Waals surface area contributed by atoms with Gasteiger partial charge in [-0.15, -0.1) is 0 Å². The first-order valence-electron chi connectivity index (χ1n) is 4.41. The average molecular weight is 275 g/mol. The Bertz CT molecular complexity index is 380. The number of carbonyl (C=O) groups is 1. The molecule has 1 saturated heterocycles. The SMILES string of the molecule is O=C1CCC(c2ccc(Br)c(Cl)c2)N1. The van der Waals surface area contributed by atoms with Gasteiger partial charge in [0.25, 0.3) is 0 Å². The Morgan fingerprint density at radius 1 is 1.50 bits per heavy atom. The van der Waals surface area contributed by atoms with Crippen molar-refractivity contribution in [1.82, 2.24) is 5.32 Å². The van der Waals surface area contributed by atoms with E-state index in [9.17, 15) is 4.79 Å². The smallest absolute Gasteiger partial charge is 0.220 e. The maximum absolute atomic E-state index is 11.0. The first-order chi connectivity index (χ1) is 6.66. The summed E-state index contributed by atoms with van der Waals surface area (Å²) in [6, 6.07) is 5.91. The lowest BCUT2D eigenvalue weighted by atomic mass is 10.1. The monoisotopic (exact) mass is 273 g/mol. The van der Waals surface area contributed by atoms with Gasteiger partial charge in [0.05, 0.1) is 11.1 Å². The summed E-state index contributed by atoms with van der Waals surface area (Å²) in [6.45, 7) is 0. The van der Waals surface area contributed by atoms with Gasteiger partial charge in [-0.25, -0.2) is 0 Å². The molecular formula is C10H9BrClNO. The topological polar surface area (TPSA) is 29.1 Å². The van der Waals surface area contributed by atoms with E-state index in [0.717, 1.165) is 16.5 Å². The number of hydrogen-bond donors (Lipinski definition) is 1. The van der Waals surface area contributed by atoms with Gasteiger partial charge in [-0.1, -0.05) is 17.7 Å². The van der Waals surface area contributed by atoms with Gasteiger partial charge >= 0.3 is 0 Å². The highest BCUT2D eigenvalue weighted by Crippen LogP contribution is 2.29. The Morgan fingerprint density at radius 3 is 2.86 bits per heavy atom. The second-order valence-corrected chi connectivity index (χ2v) is 4.59. The van der Waals surface area contributed by atoms with Crippen molar-refractivity contribution in [3.63, 3.8) is 0 Å². The Hall–Kier alpha value is -0.540. The molecule has 1 amide bonds. The molecule has 1 atom stereocenters. The molecule has 1 N–H and O–H groups in total. The fourth-order valence-corrected chi connectivity index (χ4v) is 2.03. The highest BCUT2D eigenvalue weighted by molar-refractivity contribution is 9.10. The molecule has 14 heavy (non-hydrogen) atoms. The van der Waals surface area contributed by atoms with Gasteiger partial charge in [-0.2, -0.15) is 0 Å². The highest BCUT2D eigenvalue weighted by Gasteiger charge is 2.22. The third-order valence-corrected chi connectivity index (χ3v) is 3.57. The quantitative estimate of drug-likeness (QED) is 0.838. The minimum Gasteiger partial charge on any atom is -0.349 e. The van der Waals surface area contributed by atoms with Crippen LogP contribution in [-0.4, -0.2) is 5.91 Å². The molecule has 1 aliphatic heterocycles. The molecule has 0 spiro atoms. The molecule has 2 nitrogen and oxygen atoms in total. The van der Waals surface area contributed by atoms with Gasteiger partial charge in [-0.3, -0.25) is 4.79 Å². The zero-order chi connectivity index (χ0) is 10.1. The molecule has 0 bridgehead atoms. The summed E-state index contributed by atoms with van der Waals surface area (Å²) in [7, 11) is 0. The van der Waals surface area contributed by atoms with Crippen molar-refractivity contribution in [3.05, 3.63) is 33.3 Å². The zero-order valence-electron chi connectivity index (χ0n) is 7.39. The molecule has 1 fully saturated rings. The third kappa shape index (κ3) is 1.93. The van der Waals surface area contributed by atoms with E-state index in [2.05, 4.69) is 21.2 Å². The van der Waals surface area contributed by atoms with Crippen molar-refractivity contribution in [1.29, 1.82) is 0 Å². The lowest BCUT2D eigenvalue weighted by molar-refractivity contribution is -0.119. The Kier molecular flexibility index (Phi) is 2.79. The summed E-state index contributed by atoms with van der Waals surface area (Å²) in [5, 5.41) is 3.59. The van der Waals surface area contributed by atoms with E-state index in [-0.39, 0.29) is 11.9 Å². The molecule has 0 aliphatic carbocycles. The van der Waals surface area contributed by atoms with Gasteiger partial charge in [0, 0.05) is 10.9 Å². The molecule has 74 valence electrons. The fraction of sp³-hybridized carbons (Fsp3) is 0.300. The Balaban J connectivity index is 2.24. The molecule has 1 heterocycles. The van der Waals surface area contributed by atoms with Crippen LogP contribution in [0.3, 0.4) is 0 Å². The molecule has 1 aliphatic rings. The lowest BCUT2D eigenvalue weighted by Crippen LogP contribution is -2.18. The van der Waals surface area contributed by atoms with Crippen molar-refractivity contribution < 1.29 is 4.79 Å². The Morgan fingerprint density at radius 2 is 2.29 bits per heavy atom. The maximum Gasteiger partial charge on any atom is 0.220 e. The minimum absolute atomic E-state index is 0.119. The summed E-state index contributed by atoms with van der Waals surface area (Å²) >= 11 is 9.30. The van der Waals surface area contributed by atoms with Gasteiger partial charge in [0.1, 0.15) is 0 Å². The number of nitrogens with one attached hydrogen (secondary N) is 1. The van der Waals surface area contributed by atoms with Crippen LogP contribution in [0, 0.1) is 0 Å². The number of hydrogen-bond acceptors (Lipinski definition) is 1. The maximum atomic E-state index is 11.0. The normalized spacial score (nSPS) is 21.0. The van der Waals surface area contributed by atoms with Crippen LogP contribution < -0.4 is 5.32 Å². The van der Waals surface area contributed by atoms with E-state index in [1.807, 2.05) is 18.2 Å². The van der Waals surface area contributed by atoms with Gasteiger partial charge in [0.15, 0.2) is 0 Å². The van der Waals surface area contributed by atoms with Crippen molar-refractivity contribution in [3.8, 4) is 0 Å². The number of benzene rings is 1. The lowest BCUT2D eigenvalue weighted by Gasteiger charge is -2.10. The van der Waals surface area contributed by atoms with Gasteiger partial charge < -0.3 is 5.32 Å². The molecule has 4 heteroatoms. The predicted octanol–water partition coefficient (Wildman–Crippen LogP) is 3.05. The molecule has 0 radical (unpaired) electrons. The van der Waals surface area contributed by atoms with Crippen LogP contribution in [-0.2, 0) is 4.79 Å². The molecule has 1 unspecified atom stereocenters. The summed E-state index contributed by atoms with van der Waals surface area (Å²) in [6.07, 6.45) is 1.47. The predicted molar refractivity (Wildman–Crippen MR) is 59.3 cm³/mol. The van der Waals surface area contributed by atoms with Crippen LogP contribution in [0.15, 0.2) is 22.7 Å². The van der Waals surface area contributed by atoms with Crippen LogP contribution in [0.4, 0.5) is 0 Å². The standard InChI is InChI=1S/C10H9BrClNO/c11-7-2-1-6(5-8(7)12)9-3-4-10(14)13-9/h1-2,5,9H,3-4H2,(H,13,14). The summed E-state index contributed by atoms with van der Waals surface area (Å²) in [5.41, 5.74) is 1.07. The minimum atomic E-state index is 0.119. The third-order valence-electron chi connectivity index (χ3n) is 2.34. The van der Waals surface area contributed by atoms with Crippen molar-refractivity contribution in [2.75, 3.05) is 0 Å². The van der Waals surface area contributed by atoms with Crippen LogP contribution in [0.25, 0.3) is 0 Å². The first kappa shape index (κ1) is 9.99. The molecule has 1 aromatic rings. The molecule has 1 aromatic carbocycles. The second kappa shape index (κ2) is 3.91. The second-order valence-electron chi connectivity index (χ2n) is 3.33. The molecule has 2 rings (SSSR count). The summed E-state index contributed by atoms with van der Waals surface area (Å²) in [5.74, 6) is 0.119. The van der Waals surface area contributed by atoms with E-state index in [1.165, 1.54) is 0 Å². The van der Waals surface area contributed by atoms with Crippen molar-refractivity contribution in [2.45, 2.75) is 18.9 Å². The van der Waals surface area contributed by atoms with Gasteiger partial charge in [0.2, 0.25) is 5.91 Å². The van der Waals surface area contributed by atoms with Crippen molar-refractivity contribution >= 4 is 33.4 Å². The Labute approximate surface area is 95.8 Å². The van der Waals surface area contributed by atoms with E-state index in [1.54, 1.807) is 0 Å². The van der Waals surface area contributed by atoms with E-state index < -0.39 is 0 Å². The first-order valence-corrected chi connectivity index (χ1v) is 5.58. The van der Waals surface area contributed by atoms with Crippen molar-refractivity contribution in [2.24, 2.45) is 0 Å². The van der Waals surface area contributed by atoms with Crippen LogP contribution in [0.2, 0.25) is 5.02 Å². The van der Waals surface area contributed by atoms with E-state index in [4.69, 9.17) is 11.6 Å². The van der Waals surface area contributed by atoms with Crippen LogP contribution in [0.5, 0.6) is 0 Å². The average Bonchev–Trinajstić information content (AvgIpc) is 2.57. The molecular weight excluding hydrogens is 265 g/mol. The molecule has 0 saturated carbocycles. The largest absolute Gasteiger partial charge is 0.349 e. The molecule has 0 aromatic heterocycles. The number of amides is 1. The van der Waals surface area contributed by atoms with E-state index >= 15 is 0 Å². The summed E-state index contributed by atoms with van der Waals surface area (Å²) < 4.78 is 0.882.